The largest absolute Gasteiger partial charge is 0.336 e. The highest BCUT2D eigenvalue weighted by molar-refractivity contribution is 6.09. The fourth-order valence-corrected chi connectivity index (χ4v) is 5.44. The Hall–Kier alpha value is -2.37. The highest BCUT2D eigenvalue weighted by Crippen LogP contribution is 2.40. The maximum absolute atomic E-state index is 13.4. The second-order valence-electron chi connectivity index (χ2n) is 8.92. The van der Waals surface area contributed by atoms with Crippen molar-refractivity contribution in [2.45, 2.75) is 82.8 Å². The van der Waals surface area contributed by atoms with Gasteiger partial charge in [0.1, 0.15) is 12.1 Å². The Kier molecular flexibility index (Phi) is 5.36. The molecule has 1 atom stereocenters. The van der Waals surface area contributed by atoms with Gasteiger partial charge in [0.15, 0.2) is 0 Å². The van der Waals surface area contributed by atoms with Gasteiger partial charge < -0.3 is 10.2 Å². The summed E-state index contributed by atoms with van der Waals surface area (Å²) in [5.74, 6) is -0.410. The van der Waals surface area contributed by atoms with Crippen LogP contribution >= 0.6 is 0 Å². The van der Waals surface area contributed by atoms with E-state index in [9.17, 15) is 14.4 Å². The molecule has 1 N–H and O–H groups in total. The van der Waals surface area contributed by atoms with Crippen molar-refractivity contribution in [1.82, 2.24) is 15.1 Å². The van der Waals surface area contributed by atoms with Crippen LogP contribution in [0.15, 0.2) is 24.3 Å². The number of rotatable bonds is 4. The maximum atomic E-state index is 13.4. The van der Waals surface area contributed by atoms with Crippen LogP contribution in [0.5, 0.6) is 0 Å². The highest BCUT2D eigenvalue weighted by Gasteiger charge is 2.54. The second kappa shape index (κ2) is 7.81. The van der Waals surface area contributed by atoms with E-state index in [4.69, 9.17) is 0 Å². The Morgan fingerprint density at radius 3 is 2.62 bits per heavy atom. The number of carbonyl (C=O) groups is 3. The van der Waals surface area contributed by atoms with E-state index in [1.807, 2.05) is 43.0 Å². The van der Waals surface area contributed by atoms with Crippen molar-refractivity contribution in [3.63, 3.8) is 0 Å². The van der Waals surface area contributed by atoms with E-state index in [1.54, 1.807) is 0 Å². The van der Waals surface area contributed by atoms with Gasteiger partial charge in [0.25, 0.3) is 5.91 Å². The van der Waals surface area contributed by atoms with E-state index in [-0.39, 0.29) is 30.4 Å². The summed E-state index contributed by atoms with van der Waals surface area (Å²) in [6.07, 6.45) is 7.80. The minimum atomic E-state index is -1.01. The lowest BCUT2D eigenvalue weighted by atomic mass is 9.76. The van der Waals surface area contributed by atoms with Crippen molar-refractivity contribution >= 4 is 17.8 Å². The number of benzene rings is 1. The summed E-state index contributed by atoms with van der Waals surface area (Å²) in [4.78, 5) is 42.5. The topological polar surface area (TPSA) is 69.7 Å². The van der Waals surface area contributed by atoms with E-state index in [1.165, 1.54) is 6.42 Å². The molecule has 1 saturated carbocycles. The summed E-state index contributed by atoms with van der Waals surface area (Å²) >= 11 is 0. The number of hydrogen-bond donors (Lipinski definition) is 1. The molecule has 0 aromatic heterocycles. The van der Waals surface area contributed by atoms with Crippen LogP contribution in [0.3, 0.4) is 0 Å². The molecular formula is C23H31N3O3. The Balaban J connectivity index is 1.56. The predicted octanol–water partition coefficient (Wildman–Crippen LogP) is 3.34. The molecule has 2 fully saturated rings. The number of nitrogens with one attached hydrogen (secondary N) is 1. The fraction of sp³-hybridized carbons (Fsp3) is 0.609. The summed E-state index contributed by atoms with van der Waals surface area (Å²) in [5.41, 5.74) is 0.971. The highest BCUT2D eigenvalue weighted by atomic mass is 16.2. The van der Waals surface area contributed by atoms with E-state index < -0.39 is 11.6 Å². The van der Waals surface area contributed by atoms with Gasteiger partial charge in [-0.1, -0.05) is 43.5 Å². The number of carbonyl (C=O) groups excluding carboxylic acids is 3. The number of hydrogen-bond acceptors (Lipinski definition) is 3. The van der Waals surface area contributed by atoms with E-state index >= 15 is 0 Å². The molecule has 6 nitrogen and oxygen atoms in total. The van der Waals surface area contributed by atoms with Crippen molar-refractivity contribution in [1.29, 1.82) is 0 Å². The summed E-state index contributed by atoms with van der Waals surface area (Å²) < 4.78 is 0. The van der Waals surface area contributed by atoms with Gasteiger partial charge in [-0.05, 0) is 57.1 Å². The van der Waals surface area contributed by atoms with Gasteiger partial charge in [-0.15, -0.1) is 0 Å². The molecule has 156 valence electrons. The Bertz CT molecular complexity index is 815. The fourth-order valence-electron chi connectivity index (χ4n) is 5.44. The molecule has 1 aliphatic heterocycles. The molecule has 1 aromatic rings. The Labute approximate surface area is 172 Å². The minimum absolute atomic E-state index is 0.0516. The average Bonchev–Trinajstić information content (AvgIpc) is 2.94. The monoisotopic (exact) mass is 397 g/mol. The van der Waals surface area contributed by atoms with Crippen molar-refractivity contribution in [2.24, 2.45) is 0 Å². The van der Waals surface area contributed by atoms with Gasteiger partial charge in [-0.3, -0.25) is 14.5 Å². The first kappa shape index (κ1) is 19.9. The molecule has 1 aromatic carbocycles. The van der Waals surface area contributed by atoms with Crippen LogP contribution in [0.1, 0.15) is 69.9 Å². The van der Waals surface area contributed by atoms with Gasteiger partial charge in [0, 0.05) is 12.1 Å². The number of aryl methyl sites for hydroxylation is 1. The lowest BCUT2D eigenvalue weighted by molar-refractivity contribution is -0.142. The van der Waals surface area contributed by atoms with E-state index in [0.29, 0.717) is 6.42 Å². The Morgan fingerprint density at radius 2 is 1.90 bits per heavy atom. The molecule has 0 radical (unpaired) electrons. The molecule has 1 saturated heterocycles. The third kappa shape index (κ3) is 3.43. The Morgan fingerprint density at radius 1 is 1.17 bits per heavy atom. The maximum Gasteiger partial charge on any atom is 0.325 e. The molecule has 1 spiro atoms. The molecule has 4 amide bonds. The normalized spacial score (nSPS) is 24.7. The molecule has 4 rings (SSSR count). The summed E-state index contributed by atoms with van der Waals surface area (Å²) in [5, 5.41) is 2.95. The smallest absolute Gasteiger partial charge is 0.325 e. The number of imide groups is 1. The lowest BCUT2D eigenvalue weighted by Crippen LogP contribution is -2.51. The SMILES string of the molecule is CC(C)N(C(=O)CN1C(=O)N[C@@]2(CCCc3ccccc32)C1=O)C1CCCCC1. The number of nitrogens with zero attached hydrogens (tertiary/aromatic N) is 2. The van der Waals surface area contributed by atoms with Crippen LogP contribution in [0.2, 0.25) is 0 Å². The summed E-state index contributed by atoms with van der Waals surface area (Å²) in [7, 11) is 0. The van der Waals surface area contributed by atoms with Crippen molar-refractivity contribution in [2.75, 3.05) is 6.54 Å². The number of fused-ring (bicyclic) bond motifs is 2. The molecular weight excluding hydrogens is 366 g/mol. The van der Waals surface area contributed by atoms with Crippen molar-refractivity contribution in [3.8, 4) is 0 Å². The summed E-state index contributed by atoms with van der Waals surface area (Å²) in [6, 6.07) is 7.63. The molecule has 2 aliphatic carbocycles. The molecule has 3 aliphatic rings. The first-order valence-electron chi connectivity index (χ1n) is 11.0. The van der Waals surface area contributed by atoms with Gasteiger partial charge >= 0.3 is 6.03 Å². The number of urea groups is 1. The molecule has 29 heavy (non-hydrogen) atoms. The van der Waals surface area contributed by atoms with Gasteiger partial charge in [-0.25, -0.2) is 4.79 Å². The van der Waals surface area contributed by atoms with Crippen molar-refractivity contribution < 1.29 is 14.4 Å². The third-order valence-electron chi connectivity index (χ3n) is 6.76. The van der Waals surface area contributed by atoms with Crippen LogP contribution in [-0.4, -0.2) is 46.3 Å². The molecule has 0 bridgehead atoms. The zero-order valence-electron chi connectivity index (χ0n) is 17.4. The second-order valence-corrected chi connectivity index (χ2v) is 8.92. The van der Waals surface area contributed by atoms with Crippen LogP contribution in [0, 0.1) is 0 Å². The quantitative estimate of drug-likeness (QED) is 0.792. The van der Waals surface area contributed by atoms with Crippen LogP contribution in [-0.2, 0) is 21.5 Å². The lowest BCUT2D eigenvalue weighted by Gasteiger charge is -2.38. The van der Waals surface area contributed by atoms with Crippen LogP contribution < -0.4 is 5.32 Å². The number of amides is 4. The summed E-state index contributed by atoms with van der Waals surface area (Å²) in [6.45, 7) is 3.85. The van der Waals surface area contributed by atoms with E-state index in [2.05, 4.69) is 5.32 Å². The minimum Gasteiger partial charge on any atom is -0.336 e. The van der Waals surface area contributed by atoms with Gasteiger partial charge in [0.05, 0.1) is 0 Å². The molecule has 0 unspecified atom stereocenters. The van der Waals surface area contributed by atoms with Crippen LogP contribution in [0.4, 0.5) is 4.79 Å². The first-order chi connectivity index (χ1) is 13.9. The van der Waals surface area contributed by atoms with Gasteiger partial charge in [-0.2, -0.15) is 0 Å². The third-order valence-corrected chi connectivity index (χ3v) is 6.76. The molecule has 1 heterocycles. The average molecular weight is 398 g/mol. The zero-order chi connectivity index (χ0) is 20.6. The van der Waals surface area contributed by atoms with E-state index in [0.717, 1.165) is 54.6 Å². The first-order valence-corrected chi connectivity index (χ1v) is 11.0. The van der Waals surface area contributed by atoms with Gasteiger partial charge in [0.2, 0.25) is 5.91 Å². The zero-order valence-corrected chi connectivity index (χ0v) is 17.4. The predicted molar refractivity (Wildman–Crippen MR) is 110 cm³/mol. The molecule has 6 heteroatoms. The van der Waals surface area contributed by atoms with Crippen LogP contribution in [0.25, 0.3) is 0 Å². The standard InChI is InChI=1S/C23H31N3O3/c1-16(2)26(18-11-4-3-5-12-18)20(27)15-25-21(28)23(24-22(25)29)14-8-10-17-9-6-7-13-19(17)23/h6-7,9,13,16,18H,3-5,8,10-12,14-15H2,1-2H3,(H,24,29)/t23-/m1/s1. The van der Waals surface area contributed by atoms with Crippen molar-refractivity contribution in [3.05, 3.63) is 35.4 Å².